The van der Waals surface area contributed by atoms with Gasteiger partial charge in [-0.25, -0.2) is 14.5 Å². The second kappa shape index (κ2) is 12.4. The molecular formula is C26H32N8O3S. The number of aromatic nitrogens is 5. The number of hydrogen-bond acceptors (Lipinski definition) is 9. The first-order valence-corrected chi connectivity index (χ1v) is 13.9. The zero-order chi connectivity index (χ0) is 26.3. The topological polar surface area (TPSA) is 118 Å². The van der Waals surface area contributed by atoms with Crippen molar-refractivity contribution < 1.29 is 14.3 Å². The zero-order valence-corrected chi connectivity index (χ0v) is 22.3. The van der Waals surface area contributed by atoms with Crippen LogP contribution in [0.5, 0.6) is 5.88 Å². The summed E-state index contributed by atoms with van der Waals surface area (Å²) in [6.45, 7) is 4.38. The molecule has 0 atom stereocenters. The number of rotatable bonds is 7. The van der Waals surface area contributed by atoms with Gasteiger partial charge in [0.25, 0.3) is 5.91 Å². The molecule has 200 valence electrons. The molecule has 1 N–H and O–H groups in total. The van der Waals surface area contributed by atoms with Crippen LogP contribution >= 0.6 is 11.8 Å². The Balaban J connectivity index is 1.07. The van der Waals surface area contributed by atoms with Crippen LogP contribution in [0.2, 0.25) is 0 Å². The van der Waals surface area contributed by atoms with E-state index in [-0.39, 0.29) is 11.8 Å². The summed E-state index contributed by atoms with van der Waals surface area (Å²) in [5.41, 5.74) is 2.32. The summed E-state index contributed by atoms with van der Waals surface area (Å²) in [4.78, 5) is 33.6. The van der Waals surface area contributed by atoms with E-state index in [2.05, 4.69) is 30.7 Å². The predicted molar refractivity (Wildman–Crippen MR) is 143 cm³/mol. The monoisotopic (exact) mass is 536 g/mol. The Morgan fingerprint density at radius 1 is 1.03 bits per heavy atom. The fourth-order valence-electron chi connectivity index (χ4n) is 4.64. The van der Waals surface area contributed by atoms with Crippen LogP contribution in [0, 0.1) is 0 Å². The smallest absolute Gasteiger partial charge is 0.391 e. The molecule has 2 saturated heterocycles. The number of tetrazole rings is 1. The second-order valence-electron chi connectivity index (χ2n) is 9.63. The molecule has 4 heterocycles. The maximum atomic E-state index is 12.7. The average molecular weight is 537 g/mol. The molecule has 3 aromatic rings. The fourth-order valence-corrected chi connectivity index (χ4v) is 5.65. The quantitative estimate of drug-likeness (QED) is 0.483. The third-order valence-electron chi connectivity index (χ3n) is 6.81. The lowest BCUT2D eigenvalue weighted by molar-refractivity contribution is 0.102. The summed E-state index contributed by atoms with van der Waals surface area (Å²) in [6, 6.07) is 11.0. The number of piperidine rings is 2. The highest BCUT2D eigenvalue weighted by molar-refractivity contribution is 7.99. The van der Waals surface area contributed by atoms with Crippen molar-refractivity contribution >= 4 is 29.4 Å². The number of amides is 2. The van der Waals surface area contributed by atoms with Crippen LogP contribution in [-0.2, 0) is 13.6 Å². The molecule has 38 heavy (non-hydrogen) atoms. The van der Waals surface area contributed by atoms with Crippen LogP contribution in [0.15, 0.2) is 47.8 Å². The van der Waals surface area contributed by atoms with Gasteiger partial charge in [0.15, 0.2) is 0 Å². The van der Waals surface area contributed by atoms with E-state index in [1.807, 2.05) is 31.3 Å². The first-order valence-electron chi connectivity index (χ1n) is 13.0. The minimum absolute atomic E-state index is 0.191. The van der Waals surface area contributed by atoms with E-state index in [0.29, 0.717) is 29.6 Å². The number of anilines is 1. The normalized spacial score (nSPS) is 16.8. The van der Waals surface area contributed by atoms with Crippen molar-refractivity contribution in [1.29, 1.82) is 0 Å². The van der Waals surface area contributed by atoms with E-state index in [1.54, 1.807) is 33.5 Å². The number of likely N-dealkylation sites (tertiary alicyclic amines) is 2. The minimum Gasteiger partial charge on any atom is -0.391 e. The molecule has 2 amide bonds. The Hall–Kier alpha value is -3.51. The van der Waals surface area contributed by atoms with E-state index in [1.165, 1.54) is 31.0 Å². The molecule has 2 aromatic heterocycles. The molecule has 0 aliphatic carbocycles. The highest BCUT2D eigenvalue weighted by Crippen LogP contribution is 2.28. The van der Waals surface area contributed by atoms with Gasteiger partial charge >= 0.3 is 6.09 Å². The molecule has 2 aliphatic rings. The molecule has 1 aromatic carbocycles. The number of carbonyl (C=O) groups is 2. The molecule has 0 spiro atoms. The van der Waals surface area contributed by atoms with Gasteiger partial charge < -0.3 is 15.0 Å². The standard InChI is InChI=1S/C26H32N8O3S/c1-32-25(29-30-31-32)38-22-11-15-34(16-12-22)26(36)37-23-10-9-21(17-27-23)28-24(35)20-7-5-19(6-8-20)18-33-13-3-2-4-14-33/h5-10,17,22H,2-4,11-16,18H2,1H3,(H,28,35). The van der Waals surface area contributed by atoms with E-state index in [4.69, 9.17) is 4.74 Å². The van der Waals surface area contributed by atoms with Crippen molar-refractivity contribution in [3.63, 3.8) is 0 Å². The number of carbonyl (C=O) groups excluding carboxylic acids is 2. The predicted octanol–water partition coefficient (Wildman–Crippen LogP) is 3.60. The van der Waals surface area contributed by atoms with E-state index in [0.717, 1.165) is 37.6 Å². The molecule has 5 rings (SSSR count). The Labute approximate surface area is 225 Å². The van der Waals surface area contributed by atoms with Gasteiger partial charge in [-0.3, -0.25) is 9.69 Å². The first-order chi connectivity index (χ1) is 18.5. The Kier molecular flexibility index (Phi) is 8.49. The van der Waals surface area contributed by atoms with Crippen molar-refractivity contribution in [3.05, 3.63) is 53.7 Å². The molecule has 11 nitrogen and oxygen atoms in total. The number of nitrogens with one attached hydrogen (secondary N) is 1. The number of pyridine rings is 1. The zero-order valence-electron chi connectivity index (χ0n) is 21.5. The van der Waals surface area contributed by atoms with Gasteiger partial charge in [0, 0.05) is 43.6 Å². The Morgan fingerprint density at radius 2 is 1.79 bits per heavy atom. The highest BCUT2D eigenvalue weighted by Gasteiger charge is 2.26. The first kappa shape index (κ1) is 26.1. The van der Waals surface area contributed by atoms with Crippen LogP contribution in [0.3, 0.4) is 0 Å². The largest absolute Gasteiger partial charge is 0.416 e. The van der Waals surface area contributed by atoms with Crippen molar-refractivity contribution in [1.82, 2.24) is 35.0 Å². The van der Waals surface area contributed by atoms with Crippen LogP contribution in [0.4, 0.5) is 10.5 Å². The molecular weight excluding hydrogens is 504 g/mol. The second-order valence-corrected chi connectivity index (χ2v) is 10.9. The maximum Gasteiger partial charge on any atom is 0.416 e. The molecule has 2 fully saturated rings. The van der Waals surface area contributed by atoms with Crippen LogP contribution in [0.1, 0.15) is 48.0 Å². The van der Waals surface area contributed by atoms with Crippen molar-refractivity contribution in [3.8, 4) is 5.88 Å². The summed E-state index contributed by atoms with van der Waals surface area (Å²) >= 11 is 1.63. The molecule has 0 saturated carbocycles. The SMILES string of the molecule is Cn1nnnc1SC1CCN(C(=O)Oc2ccc(NC(=O)c3ccc(CN4CCCCC4)cc3)cn2)CC1. The number of nitrogens with zero attached hydrogens (tertiary/aromatic N) is 7. The van der Waals surface area contributed by atoms with Crippen LogP contribution in [-0.4, -0.2) is 78.4 Å². The molecule has 0 radical (unpaired) electrons. The van der Waals surface area contributed by atoms with E-state index in [9.17, 15) is 9.59 Å². The lowest BCUT2D eigenvalue weighted by Gasteiger charge is -2.30. The average Bonchev–Trinajstić information content (AvgIpc) is 3.35. The third-order valence-corrected chi connectivity index (χ3v) is 8.17. The van der Waals surface area contributed by atoms with Gasteiger partial charge in [-0.2, -0.15) is 0 Å². The summed E-state index contributed by atoms with van der Waals surface area (Å²) in [7, 11) is 1.81. The van der Waals surface area contributed by atoms with E-state index >= 15 is 0 Å². The third kappa shape index (κ3) is 6.87. The van der Waals surface area contributed by atoms with Crippen molar-refractivity contribution in [2.45, 2.75) is 49.1 Å². The summed E-state index contributed by atoms with van der Waals surface area (Å²) in [6.07, 6.45) is 6.54. The lowest BCUT2D eigenvalue weighted by atomic mass is 10.1. The number of benzene rings is 1. The van der Waals surface area contributed by atoms with Crippen molar-refractivity contribution in [2.24, 2.45) is 7.05 Å². The number of ether oxygens (including phenoxy) is 1. The molecule has 0 bridgehead atoms. The molecule has 2 aliphatic heterocycles. The number of hydrogen-bond donors (Lipinski definition) is 1. The molecule has 0 unspecified atom stereocenters. The summed E-state index contributed by atoms with van der Waals surface area (Å²) in [5.74, 6) is -0.0179. The maximum absolute atomic E-state index is 12.7. The van der Waals surface area contributed by atoms with Crippen LogP contribution < -0.4 is 10.1 Å². The molecule has 12 heteroatoms. The van der Waals surface area contributed by atoms with Gasteiger partial charge in [-0.1, -0.05) is 30.3 Å². The van der Waals surface area contributed by atoms with Crippen molar-refractivity contribution in [2.75, 3.05) is 31.5 Å². The van der Waals surface area contributed by atoms with Gasteiger partial charge in [0.2, 0.25) is 11.0 Å². The lowest BCUT2D eigenvalue weighted by Crippen LogP contribution is -2.41. The summed E-state index contributed by atoms with van der Waals surface area (Å²) in [5, 5.41) is 15.5. The number of thioether (sulfide) groups is 1. The van der Waals surface area contributed by atoms with Gasteiger partial charge in [0.1, 0.15) is 0 Å². The van der Waals surface area contributed by atoms with Gasteiger partial charge in [-0.05, 0) is 73.0 Å². The highest BCUT2D eigenvalue weighted by atomic mass is 32.2. The van der Waals surface area contributed by atoms with E-state index < -0.39 is 6.09 Å². The fraction of sp³-hybridized carbons (Fsp3) is 0.462. The Bertz CT molecular complexity index is 1220. The van der Waals surface area contributed by atoms with Gasteiger partial charge in [-0.15, -0.1) is 5.10 Å². The minimum atomic E-state index is -0.428. The van der Waals surface area contributed by atoms with Gasteiger partial charge in [0.05, 0.1) is 11.9 Å². The Morgan fingerprint density at radius 3 is 2.45 bits per heavy atom. The number of aryl methyl sites for hydroxylation is 1. The van der Waals surface area contributed by atoms with Crippen LogP contribution in [0.25, 0.3) is 0 Å². The summed E-state index contributed by atoms with van der Waals surface area (Å²) < 4.78 is 7.10.